The topological polar surface area (TPSA) is 50.1 Å². The number of phenolic OH excluding ortho intramolecular Hbond substituents is 1. The summed E-state index contributed by atoms with van der Waals surface area (Å²) in [5, 5.41) is 13.0. The molecule has 0 fully saturated rings. The van der Waals surface area contributed by atoms with E-state index in [2.05, 4.69) is 20.9 Å². The molecule has 1 heterocycles. The number of aromatic hydroxyl groups is 1. The number of hydrogen-bond acceptors (Lipinski definition) is 3. The number of benzene rings is 2. The maximum absolute atomic E-state index is 9.71. The lowest BCUT2D eigenvalue weighted by molar-refractivity contribution is 0.471. The van der Waals surface area contributed by atoms with Crippen molar-refractivity contribution in [1.82, 2.24) is 9.55 Å². The third kappa shape index (κ3) is 2.20. The number of fused-ring (bicyclic) bond motifs is 1. The van der Waals surface area contributed by atoms with Crippen molar-refractivity contribution in [1.29, 1.82) is 0 Å². The summed E-state index contributed by atoms with van der Waals surface area (Å²) < 4.78 is 2.08. The Morgan fingerprint density at radius 2 is 2.00 bits per heavy atom. The van der Waals surface area contributed by atoms with Crippen LogP contribution in [0.1, 0.15) is 11.4 Å². The molecule has 0 spiro atoms. The number of aryl methyl sites for hydroxylation is 2. The summed E-state index contributed by atoms with van der Waals surface area (Å²) in [5.74, 6) is 1.27. The molecule has 0 saturated carbocycles. The van der Waals surface area contributed by atoms with Crippen LogP contribution in [-0.4, -0.2) is 14.7 Å². The number of imidazole rings is 1. The van der Waals surface area contributed by atoms with Gasteiger partial charge in [-0.3, -0.25) is 0 Å². The zero-order chi connectivity index (χ0) is 14.1. The van der Waals surface area contributed by atoms with Crippen LogP contribution in [0.2, 0.25) is 0 Å². The third-order valence-corrected chi connectivity index (χ3v) is 3.54. The van der Waals surface area contributed by atoms with Gasteiger partial charge < -0.3 is 15.0 Å². The monoisotopic (exact) mass is 267 g/mol. The highest BCUT2D eigenvalue weighted by Gasteiger charge is 2.06. The van der Waals surface area contributed by atoms with E-state index in [4.69, 9.17) is 0 Å². The molecule has 0 radical (unpaired) electrons. The first-order valence-corrected chi connectivity index (χ1v) is 6.59. The highest BCUT2D eigenvalue weighted by atomic mass is 16.3. The molecule has 0 aliphatic carbocycles. The van der Waals surface area contributed by atoms with E-state index in [0.29, 0.717) is 12.3 Å². The minimum atomic E-state index is 0.306. The smallest absolute Gasteiger partial charge is 0.128 e. The summed E-state index contributed by atoms with van der Waals surface area (Å²) in [5.41, 5.74) is 3.88. The van der Waals surface area contributed by atoms with Crippen LogP contribution in [0, 0.1) is 6.92 Å². The SMILES string of the molecule is Cc1ccc(NCc2nc3ccccc3n2C)cc1O. The van der Waals surface area contributed by atoms with Gasteiger partial charge in [0.05, 0.1) is 17.6 Å². The number of anilines is 1. The molecule has 0 unspecified atom stereocenters. The average Bonchev–Trinajstić information content (AvgIpc) is 2.77. The van der Waals surface area contributed by atoms with Crippen molar-refractivity contribution in [2.24, 2.45) is 7.05 Å². The van der Waals surface area contributed by atoms with Crippen LogP contribution in [0.5, 0.6) is 5.75 Å². The highest BCUT2D eigenvalue weighted by molar-refractivity contribution is 5.75. The van der Waals surface area contributed by atoms with Crippen LogP contribution in [-0.2, 0) is 13.6 Å². The van der Waals surface area contributed by atoms with Crippen LogP contribution in [0.3, 0.4) is 0 Å². The van der Waals surface area contributed by atoms with Crippen molar-refractivity contribution in [3.05, 3.63) is 53.9 Å². The molecule has 4 heteroatoms. The summed E-state index contributed by atoms with van der Waals surface area (Å²) in [7, 11) is 2.01. The fourth-order valence-corrected chi connectivity index (χ4v) is 2.25. The summed E-state index contributed by atoms with van der Waals surface area (Å²) in [4.78, 5) is 4.61. The first-order chi connectivity index (χ1) is 9.65. The second kappa shape index (κ2) is 4.89. The molecule has 3 aromatic rings. The van der Waals surface area contributed by atoms with Gasteiger partial charge in [0.1, 0.15) is 11.6 Å². The van der Waals surface area contributed by atoms with Crippen molar-refractivity contribution in [2.45, 2.75) is 13.5 Å². The van der Waals surface area contributed by atoms with E-state index in [9.17, 15) is 5.11 Å². The molecule has 0 atom stereocenters. The molecule has 2 aromatic carbocycles. The second-order valence-corrected chi connectivity index (χ2v) is 4.93. The molecular weight excluding hydrogens is 250 g/mol. The summed E-state index contributed by atoms with van der Waals surface area (Å²) in [6.07, 6.45) is 0. The molecule has 20 heavy (non-hydrogen) atoms. The molecule has 102 valence electrons. The number of rotatable bonds is 3. The first kappa shape index (κ1) is 12.5. The standard InChI is InChI=1S/C16H17N3O/c1-11-7-8-12(9-15(11)20)17-10-16-18-13-5-3-4-6-14(13)19(16)2/h3-9,17,20H,10H2,1-2H3. The quantitative estimate of drug-likeness (QED) is 0.766. The van der Waals surface area contributed by atoms with E-state index in [0.717, 1.165) is 28.1 Å². The van der Waals surface area contributed by atoms with E-state index >= 15 is 0 Å². The Morgan fingerprint density at radius 3 is 2.75 bits per heavy atom. The van der Waals surface area contributed by atoms with Crippen LogP contribution >= 0.6 is 0 Å². The average molecular weight is 267 g/mol. The predicted octanol–water partition coefficient (Wildman–Crippen LogP) is 3.20. The highest BCUT2D eigenvalue weighted by Crippen LogP contribution is 2.21. The lowest BCUT2D eigenvalue weighted by atomic mass is 10.2. The first-order valence-electron chi connectivity index (χ1n) is 6.59. The Bertz CT molecular complexity index is 762. The van der Waals surface area contributed by atoms with Gasteiger partial charge in [0.25, 0.3) is 0 Å². The van der Waals surface area contributed by atoms with Gasteiger partial charge in [-0.25, -0.2) is 4.98 Å². The number of nitrogens with zero attached hydrogens (tertiary/aromatic N) is 2. The van der Waals surface area contributed by atoms with Crippen LogP contribution < -0.4 is 5.32 Å². The Kier molecular flexibility index (Phi) is 3.06. The molecule has 0 saturated heterocycles. The fourth-order valence-electron chi connectivity index (χ4n) is 2.25. The van der Waals surface area contributed by atoms with Gasteiger partial charge in [0, 0.05) is 18.8 Å². The third-order valence-electron chi connectivity index (χ3n) is 3.54. The maximum Gasteiger partial charge on any atom is 0.128 e. The zero-order valence-electron chi connectivity index (χ0n) is 11.6. The second-order valence-electron chi connectivity index (χ2n) is 4.93. The number of para-hydroxylation sites is 2. The molecule has 4 nitrogen and oxygen atoms in total. The van der Waals surface area contributed by atoms with Gasteiger partial charge in [-0.15, -0.1) is 0 Å². The molecule has 2 N–H and O–H groups in total. The minimum Gasteiger partial charge on any atom is -0.508 e. The van der Waals surface area contributed by atoms with E-state index < -0.39 is 0 Å². The maximum atomic E-state index is 9.71. The lowest BCUT2D eigenvalue weighted by Gasteiger charge is -2.08. The molecule has 3 rings (SSSR count). The van der Waals surface area contributed by atoms with Crippen molar-refractivity contribution in [3.63, 3.8) is 0 Å². The predicted molar refractivity (Wildman–Crippen MR) is 80.9 cm³/mol. The van der Waals surface area contributed by atoms with Crippen molar-refractivity contribution < 1.29 is 5.11 Å². The molecule has 0 amide bonds. The Labute approximate surface area is 117 Å². The molecular formula is C16H17N3O. The largest absolute Gasteiger partial charge is 0.508 e. The van der Waals surface area contributed by atoms with Gasteiger partial charge in [0.15, 0.2) is 0 Å². The molecule has 0 aliphatic rings. The number of aromatic nitrogens is 2. The Balaban J connectivity index is 1.83. The van der Waals surface area contributed by atoms with Gasteiger partial charge in [-0.05, 0) is 30.7 Å². The minimum absolute atomic E-state index is 0.306. The van der Waals surface area contributed by atoms with Crippen molar-refractivity contribution in [2.75, 3.05) is 5.32 Å². The molecule has 1 aromatic heterocycles. The van der Waals surface area contributed by atoms with E-state index in [1.54, 1.807) is 6.07 Å². The van der Waals surface area contributed by atoms with Crippen molar-refractivity contribution in [3.8, 4) is 5.75 Å². The van der Waals surface area contributed by atoms with Crippen LogP contribution in [0.4, 0.5) is 5.69 Å². The van der Waals surface area contributed by atoms with E-state index in [1.807, 2.05) is 44.3 Å². The molecule has 0 aliphatic heterocycles. The Morgan fingerprint density at radius 1 is 1.20 bits per heavy atom. The summed E-state index contributed by atoms with van der Waals surface area (Å²) in [6.45, 7) is 2.50. The van der Waals surface area contributed by atoms with Gasteiger partial charge in [0.2, 0.25) is 0 Å². The van der Waals surface area contributed by atoms with Crippen LogP contribution in [0.25, 0.3) is 11.0 Å². The normalized spacial score (nSPS) is 10.9. The lowest BCUT2D eigenvalue weighted by Crippen LogP contribution is -2.05. The number of hydrogen-bond donors (Lipinski definition) is 2. The number of phenols is 1. The van der Waals surface area contributed by atoms with Crippen molar-refractivity contribution >= 4 is 16.7 Å². The van der Waals surface area contributed by atoms with Gasteiger partial charge in [-0.2, -0.15) is 0 Å². The van der Waals surface area contributed by atoms with E-state index in [-0.39, 0.29) is 0 Å². The van der Waals surface area contributed by atoms with E-state index in [1.165, 1.54) is 0 Å². The number of nitrogens with one attached hydrogen (secondary N) is 1. The summed E-state index contributed by atoms with van der Waals surface area (Å²) >= 11 is 0. The zero-order valence-corrected chi connectivity index (χ0v) is 11.6. The summed E-state index contributed by atoms with van der Waals surface area (Å²) in [6, 6.07) is 13.7. The Hall–Kier alpha value is -2.49. The molecule has 0 bridgehead atoms. The van der Waals surface area contributed by atoms with Crippen LogP contribution in [0.15, 0.2) is 42.5 Å². The fraction of sp³-hybridized carbons (Fsp3) is 0.188. The van der Waals surface area contributed by atoms with Gasteiger partial charge >= 0.3 is 0 Å². The van der Waals surface area contributed by atoms with Gasteiger partial charge in [-0.1, -0.05) is 18.2 Å².